The highest BCUT2D eigenvalue weighted by atomic mass is 16.4. The average Bonchev–Trinajstić information content (AvgIpc) is 2.90. The van der Waals surface area contributed by atoms with Crippen molar-refractivity contribution in [2.45, 2.75) is 38.6 Å². The van der Waals surface area contributed by atoms with Crippen LogP contribution in [0.1, 0.15) is 54.1 Å². The molecule has 0 unspecified atom stereocenters. The molecule has 2 aromatic carbocycles. The molecule has 0 saturated carbocycles. The Balaban J connectivity index is 1.83. The van der Waals surface area contributed by atoms with Gasteiger partial charge >= 0.3 is 11.9 Å². The Labute approximate surface area is 231 Å². The van der Waals surface area contributed by atoms with Gasteiger partial charge in [-0.25, -0.2) is 4.79 Å². The Bertz CT molecular complexity index is 1350. The molecule has 0 atom stereocenters. The fourth-order valence-corrected chi connectivity index (χ4v) is 4.39. The summed E-state index contributed by atoms with van der Waals surface area (Å²) in [4.78, 5) is 43.4. The number of aromatic hydroxyl groups is 2. The van der Waals surface area contributed by atoms with Crippen LogP contribution in [0.15, 0.2) is 47.5 Å². The zero-order valence-corrected chi connectivity index (χ0v) is 22.1. The first kappa shape index (κ1) is 29.7. The molecule has 1 aliphatic rings. The van der Waals surface area contributed by atoms with Crippen molar-refractivity contribution in [2.75, 3.05) is 24.5 Å². The molecule has 1 amide bonds. The molecular formula is C28H33N5O7. The number of aliphatic imine (C=N–C) groups is 1. The van der Waals surface area contributed by atoms with Crippen LogP contribution in [0.4, 0.5) is 5.69 Å². The summed E-state index contributed by atoms with van der Waals surface area (Å²) in [7, 11) is 0. The molecule has 40 heavy (non-hydrogen) atoms. The third-order valence-corrected chi connectivity index (χ3v) is 6.55. The Morgan fingerprint density at radius 2 is 1.80 bits per heavy atom. The Morgan fingerprint density at radius 1 is 1.10 bits per heavy atom. The van der Waals surface area contributed by atoms with E-state index >= 15 is 0 Å². The number of hydrogen-bond acceptors (Lipinski definition) is 7. The second-order valence-electron chi connectivity index (χ2n) is 9.37. The zero-order valence-electron chi connectivity index (χ0n) is 22.1. The molecule has 0 aromatic heterocycles. The molecule has 2 aromatic rings. The van der Waals surface area contributed by atoms with Gasteiger partial charge in [0.15, 0.2) is 0 Å². The van der Waals surface area contributed by atoms with Crippen molar-refractivity contribution in [3.63, 3.8) is 0 Å². The monoisotopic (exact) mass is 551 g/mol. The fraction of sp³-hybridized carbons (Fsp3) is 0.321. The summed E-state index contributed by atoms with van der Waals surface area (Å²) in [5, 5.41) is 46.8. The molecule has 212 valence electrons. The van der Waals surface area contributed by atoms with Crippen LogP contribution in [0.25, 0.3) is 6.08 Å². The smallest absolute Gasteiger partial charge is 0.341 e. The minimum atomic E-state index is -1.45. The number of phenolic OH excluding ortho intramolecular Hbond substituents is 1. The molecule has 1 aliphatic heterocycles. The lowest BCUT2D eigenvalue weighted by molar-refractivity contribution is -0.138. The first-order valence-corrected chi connectivity index (χ1v) is 12.7. The topological polar surface area (TPSA) is 201 Å². The maximum atomic E-state index is 12.9. The molecular weight excluding hydrogens is 518 g/mol. The van der Waals surface area contributed by atoms with Gasteiger partial charge in [0.1, 0.15) is 22.9 Å². The van der Waals surface area contributed by atoms with E-state index in [1.165, 1.54) is 36.4 Å². The van der Waals surface area contributed by atoms with E-state index in [1.54, 1.807) is 19.1 Å². The van der Waals surface area contributed by atoms with Crippen LogP contribution >= 0.6 is 0 Å². The van der Waals surface area contributed by atoms with Crippen LogP contribution < -0.4 is 10.6 Å². The molecule has 12 nitrogen and oxygen atoms in total. The van der Waals surface area contributed by atoms with Gasteiger partial charge in [-0.05, 0) is 50.1 Å². The largest absolute Gasteiger partial charge is 0.507 e. The van der Waals surface area contributed by atoms with Gasteiger partial charge in [-0.1, -0.05) is 18.2 Å². The highest BCUT2D eigenvalue weighted by Crippen LogP contribution is 2.30. The molecule has 0 radical (unpaired) electrons. The van der Waals surface area contributed by atoms with Crippen LogP contribution in [0, 0.1) is 5.41 Å². The Morgan fingerprint density at radius 3 is 2.42 bits per heavy atom. The number of hydrogen-bond donors (Lipinski definition) is 6. The van der Waals surface area contributed by atoms with E-state index in [9.17, 15) is 29.7 Å². The molecule has 0 aliphatic carbocycles. The number of amides is 1. The lowest BCUT2D eigenvalue weighted by atomic mass is 10.0. The van der Waals surface area contributed by atoms with Gasteiger partial charge in [0.05, 0.1) is 24.0 Å². The van der Waals surface area contributed by atoms with E-state index < -0.39 is 35.6 Å². The van der Waals surface area contributed by atoms with Crippen molar-refractivity contribution in [1.82, 2.24) is 4.90 Å². The van der Waals surface area contributed by atoms with Gasteiger partial charge in [0.25, 0.3) is 0 Å². The molecule has 0 bridgehead atoms. The number of aliphatic carboxylic acids is 1. The fourth-order valence-electron chi connectivity index (χ4n) is 4.39. The Hall–Kier alpha value is -4.87. The van der Waals surface area contributed by atoms with Gasteiger partial charge in [0.2, 0.25) is 5.91 Å². The number of anilines is 1. The number of carbonyl (C=O) groups is 3. The van der Waals surface area contributed by atoms with Crippen LogP contribution in [-0.4, -0.2) is 80.5 Å². The SMILES string of the molecule is CC(=N)N1CCC(N=C(N)c2ccc(O)c(/C=C/CN(C(=O)CCC(=O)O)c3cccc(O)c3C(=O)O)c2)CC1. The lowest BCUT2D eigenvalue weighted by Crippen LogP contribution is -2.38. The van der Waals surface area contributed by atoms with Crippen molar-refractivity contribution in [1.29, 1.82) is 5.41 Å². The highest BCUT2D eigenvalue weighted by molar-refractivity contribution is 6.04. The number of nitrogens with one attached hydrogen (secondary N) is 1. The average molecular weight is 552 g/mol. The number of amidine groups is 2. The van der Waals surface area contributed by atoms with Gasteiger partial charge in [-0.3, -0.25) is 20.0 Å². The third kappa shape index (κ3) is 7.59. The van der Waals surface area contributed by atoms with Crippen molar-refractivity contribution in [2.24, 2.45) is 10.7 Å². The highest BCUT2D eigenvalue weighted by Gasteiger charge is 2.24. The van der Waals surface area contributed by atoms with E-state index in [4.69, 9.17) is 16.2 Å². The van der Waals surface area contributed by atoms with Crippen LogP contribution in [0.5, 0.6) is 11.5 Å². The summed E-state index contributed by atoms with van der Waals surface area (Å²) < 4.78 is 0. The quantitative estimate of drug-likeness (QED) is 0.190. The standard InChI is InChI=1S/C28H33N5O7/c1-17(29)32-14-11-20(12-15-32)31-27(30)19-7-8-22(34)18(16-19)4-3-13-33(24(36)9-10-25(37)38)21-5-2-6-23(35)26(21)28(39)40/h2-8,16,20,29,34-35H,9-15H2,1H3,(H2,30,31)(H,37,38)(H,39,40)/b4-3+,29-17?. The number of phenols is 2. The van der Waals surface area contributed by atoms with Crippen LogP contribution in [-0.2, 0) is 9.59 Å². The summed E-state index contributed by atoms with van der Waals surface area (Å²) in [5.74, 6) is -3.06. The second kappa shape index (κ2) is 13.3. The van der Waals surface area contributed by atoms with E-state index in [-0.39, 0.29) is 30.4 Å². The van der Waals surface area contributed by atoms with E-state index in [0.29, 0.717) is 22.8 Å². The number of nitrogens with zero attached hydrogens (tertiary/aromatic N) is 3. The summed E-state index contributed by atoms with van der Waals surface area (Å²) in [6.07, 6.45) is 3.72. The number of aromatic carboxylic acids is 1. The van der Waals surface area contributed by atoms with E-state index in [0.717, 1.165) is 30.8 Å². The third-order valence-electron chi connectivity index (χ3n) is 6.55. The number of benzene rings is 2. The molecule has 1 heterocycles. The predicted molar refractivity (Wildman–Crippen MR) is 150 cm³/mol. The number of nitrogens with two attached hydrogens (primary N) is 1. The first-order chi connectivity index (χ1) is 19.0. The number of likely N-dealkylation sites (tertiary alicyclic amines) is 1. The maximum absolute atomic E-state index is 12.9. The predicted octanol–water partition coefficient (Wildman–Crippen LogP) is 2.87. The maximum Gasteiger partial charge on any atom is 0.341 e. The molecule has 3 rings (SSSR count). The second-order valence-corrected chi connectivity index (χ2v) is 9.37. The zero-order chi connectivity index (χ0) is 29.4. The minimum absolute atomic E-state index is 0.0134. The lowest BCUT2D eigenvalue weighted by Gasteiger charge is -2.31. The van der Waals surface area contributed by atoms with E-state index in [1.807, 2.05) is 4.90 Å². The number of carboxylic acid groups (broad SMARTS) is 2. The molecule has 7 N–H and O–H groups in total. The van der Waals surface area contributed by atoms with Gasteiger partial charge < -0.3 is 36.0 Å². The summed E-state index contributed by atoms with van der Waals surface area (Å²) in [6, 6.07) is 8.65. The van der Waals surface area contributed by atoms with Crippen LogP contribution in [0.2, 0.25) is 0 Å². The normalized spacial score (nSPS) is 14.3. The molecule has 0 spiro atoms. The van der Waals surface area contributed by atoms with Gasteiger partial charge in [-0.15, -0.1) is 0 Å². The number of piperidine rings is 1. The molecule has 1 saturated heterocycles. The number of carboxylic acids is 2. The summed E-state index contributed by atoms with van der Waals surface area (Å²) in [6.45, 7) is 3.04. The number of rotatable bonds is 10. The van der Waals surface area contributed by atoms with Crippen molar-refractivity contribution in [3.8, 4) is 11.5 Å². The first-order valence-electron chi connectivity index (χ1n) is 12.7. The van der Waals surface area contributed by atoms with E-state index in [2.05, 4.69) is 4.99 Å². The van der Waals surface area contributed by atoms with Crippen molar-refractivity contribution in [3.05, 3.63) is 59.2 Å². The number of carbonyl (C=O) groups excluding carboxylic acids is 1. The molecule has 12 heteroatoms. The van der Waals surface area contributed by atoms with Crippen molar-refractivity contribution < 1.29 is 34.8 Å². The van der Waals surface area contributed by atoms with Crippen LogP contribution in [0.3, 0.4) is 0 Å². The molecule has 1 fully saturated rings. The van der Waals surface area contributed by atoms with Crippen molar-refractivity contribution >= 4 is 41.3 Å². The Kier molecular flexibility index (Phi) is 9.85. The summed E-state index contributed by atoms with van der Waals surface area (Å²) in [5.41, 5.74) is 6.63. The minimum Gasteiger partial charge on any atom is -0.507 e. The van der Waals surface area contributed by atoms with Gasteiger partial charge in [0, 0.05) is 37.2 Å². The van der Waals surface area contributed by atoms with Gasteiger partial charge in [-0.2, -0.15) is 0 Å². The summed E-state index contributed by atoms with van der Waals surface area (Å²) >= 11 is 0.